The van der Waals surface area contributed by atoms with E-state index >= 15 is 0 Å². The van der Waals surface area contributed by atoms with Gasteiger partial charge in [0.2, 0.25) is 0 Å². The van der Waals surface area contributed by atoms with Crippen LogP contribution in [0.2, 0.25) is 0 Å². The Morgan fingerprint density at radius 2 is 1.92 bits per heavy atom. The predicted octanol–water partition coefficient (Wildman–Crippen LogP) is 0.862. The molecule has 1 saturated heterocycles. The van der Waals surface area contributed by atoms with Crippen LogP contribution in [-0.2, 0) is 4.74 Å². The second kappa shape index (κ2) is 7.85. The second-order valence-electron chi connectivity index (χ2n) is 5.64. The molecular weight excluding hydrogens is 306 g/mol. The first-order valence-corrected chi connectivity index (χ1v) is 7.96. The number of aromatic nitrogens is 2. The lowest BCUT2D eigenvalue weighted by Crippen LogP contribution is -2.43. The summed E-state index contributed by atoms with van der Waals surface area (Å²) in [5.41, 5.74) is 6.95. The van der Waals surface area contributed by atoms with Gasteiger partial charge in [0.25, 0.3) is 5.91 Å². The molecule has 3 rings (SSSR count). The predicted molar refractivity (Wildman–Crippen MR) is 90.4 cm³/mol. The zero-order chi connectivity index (χ0) is 16.8. The molecule has 2 heterocycles. The summed E-state index contributed by atoms with van der Waals surface area (Å²) in [7, 11) is 0. The molecule has 7 heteroatoms. The van der Waals surface area contributed by atoms with Gasteiger partial charge in [-0.15, -0.1) is 0 Å². The third-order valence-corrected chi connectivity index (χ3v) is 3.99. The van der Waals surface area contributed by atoms with Crippen LogP contribution < -0.4 is 11.1 Å². The Balaban J connectivity index is 1.76. The van der Waals surface area contributed by atoms with Crippen molar-refractivity contribution in [3.05, 3.63) is 54.0 Å². The molecular formula is C17H21N5O2. The maximum Gasteiger partial charge on any atom is 0.274 e. The van der Waals surface area contributed by atoms with Crippen molar-refractivity contribution in [1.29, 1.82) is 0 Å². The lowest BCUT2D eigenvalue weighted by Gasteiger charge is -2.31. The van der Waals surface area contributed by atoms with Gasteiger partial charge in [-0.1, -0.05) is 30.3 Å². The number of carbonyl (C=O) groups excluding carboxylic acids is 1. The van der Waals surface area contributed by atoms with E-state index < -0.39 is 0 Å². The van der Waals surface area contributed by atoms with Crippen LogP contribution in [0.1, 0.15) is 22.1 Å². The Morgan fingerprint density at radius 1 is 1.21 bits per heavy atom. The fraction of sp³-hybridized carbons (Fsp3) is 0.353. The minimum atomic E-state index is -0.317. The summed E-state index contributed by atoms with van der Waals surface area (Å²) < 4.78 is 5.39. The summed E-state index contributed by atoms with van der Waals surface area (Å²) in [5.74, 6) is -0.184. The highest BCUT2D eigenvalue weighted by Crippen LogP contribution is 2.16. The molecule has 0 radical (unpaired) electrons. The van der Waals surface area contributed by atoms with Crippen molar-refractivity contribution in [2.24, 2.45) is 0 Å². The summed E-state index contributed by atoms with van der Waals surface area (Å²) >= 11 is 0. The van der Waals surface area contributed by atoms with E-state index in [9.17, 15) is 4.79 Å². The van der Waals surface area contributed by atoms with E-state index in [-0.39, 0.29) is 23.5 Å². The molecule has 1 amide bonds. The molecule has 1 aromatic carbocycles. The molecule has 1 aliphatic heterocycles. The molecule has 1 unspecified atom stereocenters. The molecule has 1 aromatic heterocycles. The Bertz CT molecular complexity index is 674. The van der Waals surface area contributed by atoms with Gasteiger partial charge in [-0.3, -0.25) is 9.69 Å². The first kappa shape index (κ1) is 16.4. The molecule has 0 spiro atoms. The van der Waals surface area contributed by atoms with Crippen LogP contribution >= 0.6 is 0 Å². The van der Waals surface area contributed by atoms with Crippen LogP contribution in [-0.4, -0.2) is 53.6 Å². The summed E-state index contributed by atoms with van der Waals surface area (Å²) in [6, 6.07) is 9.74. The zero-order valence-electron chi connectivity index (χ0n) is 13.4. The second-order valence-corrected chi connectivity index (χ2v) is 5.64. The highest BCUT2D eigenvalue weighted by molar-refractivity contribution is 5.96. The molecule has 24 heavy (non-hydrogen) atoms. The van der Waals surface area contributed by atoms with E-state index in [0.717, 1.165) is 18.7 Å². The van der Waals surface area contributed by atoms with Crippen LogP contribution in [0.4, 0.5) is 5.82 Å². The fourth-order valence-electron chi connectivity index (χ4n) is 2.71. The van der Waals surface area contributed by atoms with Gasteiger partial charge in [-0.2, -0.15) is 0 Å². The minimum Gasteiger partial charge on any atom is -0.382 e. The van der Waals surface area contributed by atoms with Crippen molar-refractivity contribution in [3.63, 3.8) is 0 Å². The van der Waals surface area contributed by atoms with Crippen molar-refractivity contribution in [3.8, 4) is 0 Å². The van der Waals surface area contributed by atoms with Crippen LogP contribution in [0.5, 0.6) is 0 Å². The molecule has 1 atom stereocenters. The third kappa shape index (κ3) is 4.06. The SMILES string of the molecule is Nc1nccnc1C(=O)NC(CN1CCOCC1)c1ccccc1. The number of carbonyl (C=O) groups is 1. The highest BCUT2D eigenvalue weighted by Gasteiger charge is 2.22. The number of ether oxygens (including phenoxy) is 1. The van der Waals surface area contributed by atoms with Gasteiger partial charge in [0.05, 0.1) is 19.3 Å². The van der Waals surface area contributed by atoms with E-state index in [1.54, 1.807) is 0 Å². The minimum absolute atomic E-state index is 0.133. The van der Waals surface area contributed by atoms with Gasteiger partial charge in [0.1, 0.15) is 0 Å². The lowest BCUT2D eigenvalue weighted by molar-refractivity contribution is 0.0332. The number of nitrogens with one attached hydrogen (secondary N) is 1. The lowest BCUT2D eigenvalue weighted by atomic mass is 10.1. The number of rotatable bonds is 5. The van der Waals surface area contributed by atoms with Crippen molar-refractivity contribution in [2.75, 3.05) is 38.6 Å². The molecule has 0 bridgehead atoms. The van der Waals surface area contributed by atoms with Gasteiger partial charge in [0, 0.05) is 32.0 Å². The molecule has 126 valence electrons. The van der Waals surface area contributed by atoms with Gasteiger partial charge in [0.15, 0.2) is 11.5 Å². The van der Waals surface area contributed by atoms with E-state index in [1.165, 1.54) is 12.4 Å². The van der Waals surface area contributed by atoms with Crippen LogP contribution in [0.25, 0.3) is 0 Å². The molecule has 3 N–H and O–H groups in total. The topological polar surface area (TPSA) is 93.4 Å². The maximum absolute atomic E-state index is 12.6. The van der Waals surface area contributed by atoms with Crippen molar-refractivity contribution in [2.45, 2.75) is 6.04 Å². The van der Waals surface area contributed by atoms with Gasteiger partial charge in [-0.25, -0.2) is 9.97 Å². The Morgan fingerprint density at radius 3 is 2.62 bits per heavy atom. The van der Waals surface area contributed by atoms with Crippen LogP contribution in [0, 0.1) is 0 Å². The zero-order valence-corrected chi connectivity index (χ0v) is 13.4. The van der Waals surface area contributed by atoms with E-state index in [0.29, 0.717) is 19.8 Å². The van der Waals surface area contributed by atoms with Crippen molar-refractivity contribution in [1.82, 2.24) is 20.2 Å². The summed E-state index contributed by atoms with van der Waals surface area (Å²) in [4.78, 5) is 22.8. The normalized spacial score (nSPS) is 16.5. The number of nitrogens with two attached hydrogens (primary N) is 1. The number of nitrogens with zero attached hydrogens (tertiary/aromatic N) is 3. The third-order valence-electron chi connectivity index (χ3n) is 3.99. The molecule has 1 fully saturated rings. The van der Waals surface area contributed by atoms with Gasteiger partial charge in [-0.05, 0) is 5.56 Å². The quantitative estimate of drug-likeness (QED) is 0.846. The van der Waals surface area contributed by atoms with Crippen LogP contribution in [0.3, 0.4) is 0 Å². The number of hydrogen-bond donors (Lipinski definition) is 2. The monoisotopic (exact) mass is 327 g/mol. The van der Waals surface area contributed by atoms with Crippen molar-refractivity contribution >= 4 is 11.7 Å². The first-order chi connectivity index (χ1) is 11.7. The maximum atomic E-state index is 12.6. The van der Waals surface area contributed by atoms with Gasteiger partial charge < -0.3 is 15.8 Å². The van der Waals surface area contributed by atoms with Gasteiger partial charge >= 0.3 is 0 Å². The molecule has 1 aliphatic rings. The molecule has 2 aromatic rings. The summed E-state index contributed by atoms with van der Waals surface area (Å²) in [6.07, 6.45) is 2.93. The fourth-order valence-corrected chi connectivity index (χ4v) is 2.71. The standard InChI is InChI=1S/C17H21N5O2/c18-16-15(19-6-7-20-16)17(23)21-14(13-4-2-1-3-5-13)12-22-8-10-24-11-9-22/h1-7,14H,8-12H2,(H2,18,20)(H,21,23). The number of hydrogen-bond acceptors (Lipinski definition) is 6. The number of benzene rings is 1. The number of amides is 1. The highest BCUT2D eigenvalue weighted by atomic mass is 16.5. The number of nitrogen functional groups attached to an aromatic ring is 1. The molecule has 0 saturated carbocycles. The van der Waals surface area contributed by atoms with Crippen molar-refractivity contribution < 1.29 is 9.53 Å². The summed E-state index contributed by atoms with van der Waals surface area (Å²) in [6.45, 7) is 3.84. The first-order valence-electron chi connectivity index (χ1n) is 7.96. The Kier molecular flexibility index (Phi) is 5.35. The number of morpholine rings is 1. The largest absolute Gasteiger partial charge is 0.382 e. The Labute approximate surface area is 140 Å². The molecule has 7 nitrogen and oxygen atoms in total. The van der Waals surface area contributed by atoms with E-state index in [2.05, 4.69) is 20.2 Å². The van der Waals surface area contributed by atoms with E-state index in [4.69, 9.17) is 10.5 Å². The average Bonchev–Trinajstić information content (AvgIpc) is 2.63. The average molecular weight is 327 g/mol. The Hall–Kier alpha value is -2.51. The van der Waals surface area contributed by atoms with E-state index in [1.807, 2.05) is 30.3 Å². The summed E-state index contributed by atoms with van der Waals surface area (Å²) in [5, 5.41) is 3.03. The smallest absolute Gasteiger partial charge is 0.274 e. The number of anilines is 1. The molecule has 0 aliphatic carbocycles. The van der Waals surface area contributed by atoms with Crippen LogP contribution in [0.15, 0.2) is 42.7 Å².